The summed E-state index contributed by atoms with van der Waals surface area (Å²) in [5.41, 5.74) is 7.52. The van der Waals surface area contributed by atoms with Crippen LogP contribution in [0.4, 0.5) is 0 Å². The molecule has 1 aliphatic carbocycles. The van der Waals surface area contributed by atoms with Crippen LogP contribution in [0.5, 0.6) is 5.75 Å². The van der Waals surface area contributed by atoms with E-state index < -0.39 is 0 Å². The Morgan fingerprint density at radius 1 is 1.35 bits per heavy atom. The molecule has 94 valence electrons. The molecule has 2 nitrogen and oxygen atoms in total. The lowest BCUT2D eigenvalue weighted by atomic mass is 9.78. The average molecular weight is 251 g/mol. The van der Waals surface area contributed by atoms with Crippen molar-refractivity contribution in [3.8, 4) is 5.75 Å². The molecule has 0 saturated heterocycles. The van der Waals surface area contributed by atoms with Gasteiger partial charge in [0, 0.05) is 22.4 Å². The summed E-state index contributed by atoms with van der Waals surface area (Å²) >= 11 is 1.74. The van der Waals surface area contributed by atoms with Gasteiger partial charge in [0.25, 0.3) is 0 Å². The monoisotopic (exact) mass is 251 g/mol. The molecule has 0 unspecified atom stereocenters. The topological polar surface area (TPSA) is 35.2 Å². The van der Waals surface area contributed by atoms with E-state index >= 15 is 0 Å². The Kier molecular flexibility index (Phi) is 4.00. The molecule has 0 aromatic heterocycles. The van der Waals surface area contributed by atoms with Crippen LogP contribution in [-0.4, -0.2) is 19.9 Å². The van der Waals surface area contributed by atoms with Crippen molar-refractivity contribution in [3.05, 3.63) is 23.8 Å². The third kappa shape index (κ3) is 2.18. The molecule has 0 atom stereocenters. The Labute approximate surface area is 108 Å². The molecule has 17 heavy (non-hydrogen) atoms. The number of ether oxygens (including phenoxy) is 1. The van der Waals surface area contributed by atoms with Gasteiger partial charge in [0.15, 0.2) is 0 Å². The molecular weight excluding hydrogens is 230 g/mol. The summed E-state index contributed by atoms with van der Waals surface area (Å²) in [7, 11) is 1.76. The second-order valence-corrected chi connectivity index (χ2v) is 5.58. The highest BCUT2D eigenvalue weighted by Gasteiger charge is 2.36. The summed E-state index contributed by atoms with van der Waals surface area (Å²) in [6.45, 7) is 0.723. The van der Waals surface area contributed by atoms with Crippen LogP contribution >= 0.6 is 11.8 Å². The summed E-state index contributed by atoms with van der Waals surface area (Å²) in [6, 6.07) is 6.43. The smallest absolute Gasteiger partial charge is 0.136 e. The maximum atomic E-state index is 6.05. The highest BCUT2D eigenvalue weighted by atomic mass is 32.2. The number of hydrogen-bond donors (Lipinski definition) is 1. The highest BCUT2D eigenvalue weighted by molar-refractivity contribution is 7.98. The van der Waals surface area contributed by atoms with Crippen molar-refractivity contribution in [2.24, 2.45) is 5.73 Å². The molecule has 1 fully saturated rings. The minimum Gasteiger partial charge on any atom is -0.495 e. The number of rotatable bonds is 4. The zero-order chi connectivity index (χ0) is 12.3. The summed E-state index contributed by atoms with van der Waals surface area (Å²) in [4.78, 5) is 1.21. The second kappa shape index (κ2) is 5.32. The van der Waals surface area contributed by atoms with Gasteiger partial charge in [-0.2, -0.15) is 0 Å². The SMILES string of the molecule is COc1c(SC)cccc1C1(CN)CCCC1. The molecule has 0 amide bonds. The van der Waals surface area contributed by atoms with Crippen LogP contribution in [-0.2, 0) is 5.41 Å². The van der Waals surface area contributed by atoms with Crippen molar-refractivity contribution in [1.29, 1.82) is 0 Å². The summed E-state index contributed by atoms with van der Waals surface area (Å²) in [5, 5.41) is 0. The van der Waals surface area contributed by atoms with Crippen LogP contribution in [0.15, 0.2) is 23.1 Å². The molecule has 0 bridgehead atoms. The Balaban J connectivity index is 2.49. The molecule has 1 aromatic rings. The molecule has 0 aliphatic heterocycles. The van der Waals surface area contributed by atoms with Gasteiger partial charge >= 0.3 is 0 Å². The first-order chi connectivity index (χ1) is 8.27. The molecule has 1 aliphatic rings. The second-order valence-electron chi connectivity index (χ2n) is 4.73. The van der Waals surface area contributed by atoms with Crippen molar-refractivity contribution in [1.82, 2.24) is 0 Å². The average Bonchev–Trinajstić information content (AvgIpc) is 2.87. The van der Waals surface area contributed by atoms with E-state index in [1.165, 1.54) is 36.1 Å². The molecule has 1 aromatic carbocycles. The van der Waals surface area contributed by atoms with Crippen molar-refractivity contribution < 1.29 is 4.74 Å². The van der Waals surface area contributed by atoms with Crippen LogP contribution < -0.4 is 10.5 Å². The van der Waals surface area contributed by atoms with E-state index in [4.69, 9.17) is 10.5 Å². The Morgan fingerprint density at radius 3 is 2.59 bits per heavy atom. The number of benzene rings is 1. The Bertz CT molecular complexity index is 386. The van der Waals surface area contributed by atoms with E-state index in [2.05, 4.69) is 24.5 Å². The molecule has 2 N–H and O–H groups in total. The first-order valence-corrected chi connectivity index (χ1v) is 7.41. The Hall–Kier alpha value is -0.670. The van der Waals surface area contributed by atoms with Crippen LogP contribution in [0.3, 0.4) is 0 Å². The fourth-order valence-corrected chi connectivity index (χ4v) is 3.53. The number of para-hydroxylation sites is 1. The van der Waals surface area contributed by atoms with Crippen molar-refractivity contribution >= 4 is 11.8 Å². The zero-order valence-electron chi connectivity index (χ0n) is 10.7. The molecule has 1 saturated carbocycles. The lowest BCUT2D eigenvalue weighted by Gasteiger charge is -2.30. The fourth-order valence-electron chi connectivity index (χ4n) is 2.94. The molecule has 0 heterocycles. The minimum atomic E-state index is 0.150. The first kappa shape index (κ1) is 12.8. The van der Waals surface area contributed by atoms with Crippen molar-refractivity contribution in [2.45, 2.75) is 36.0 Å². The normalized spacial score (nSPS) is 18.3. The first-order valence-electron chi connectivity index (χ1n) is 6.19. The molecule has 0 spiro atoms. The van der Waals surface area contributed by atoms with Crippen LogP contribution in [0.2, 0.25) is 0 Å². The third-order valence-corrected chi connectivity index (χ3v) is 4.69. The fraction of sp³-hybridized carbons (Fsp3) is 0.571. The maximum absolute atomic E-state index is 6.05. The Morgan fingerprint density at radius 2 is 2.06 bits per heavy atom. The van der Waals surface area contributed by atoms with Gasteiger partial charge in [-0.15, -0.1) is 11.8 Å². The van der Waals surface area contributed by atoms with E-state index in [0.29, 0.717) is 0 Å². The van der Waals surface area contributed by atoms with Gasteiger partial charge in [-0.1, -0.05) is 25.0 Å². The van der Waals surface area contributed by atoms with Crippen molar-refractivity contribution in [2.75, 3.05) is 19.9 Å². The third-order valence-electron chi connectivity index (χ3n) is 3.93. The number of nitrogens with two attached hydrogens (primary N) is 1. The lowest BCUT2D eigenvalue weighted by molar-refractivity contribution is 0.369. The van der Waals surface area contributed by atoms with Crippen LogP contribution in [0, 0.1) is 0 Å². The number of thioether (sulfide) groups is 1. The van der Waals surface area contributed by atoms with Gasteiger partial charge in [-0.05, 0) is 25.2 Å². The zero-order valence-corrected chi connectivity index (χ0v) is 11.5. The van der Waals surface area contributed by atoms with Gasteiger partial charge in [0.05, 0.1) is 7.11 Å². The van der Waals surface area contributed by atoms with Gasteiger partial charge in [-0.3, -0.25) is 0 Å². The van der Waals surface area contributed by atoms with Gasteiger partial charge in [-0.25, -0.2) is 0 Å². The van der Waals surface area contributed by atoms with E-state index in [9.17, 15) is 0 Å². The van der Waals surface area contributed by atoms with E-state index in [1.807, 2.05) is 0 Å². The number of methoxy groups -OCH3 is 1. The quantitative estimate of drug-likeness (QED) is 0.835. The minimum absolute atomic E-state index is 0.150. The van der Waals surface area contributed by atoms with Gasteiger partial charge in [0.2, 0.25) is 0 Å². The maximum Gasteiger partial charge on any atom is 0.136 e. The summed E-state index contributed by atoms with van der Waals surface area (Å²) in [6.07, 6.45) is 7.04. The van der Waals surface area contributed by atoms with E-state index in [0.717, 1.165) is 12.3 Å². The van der Waals surface area contributed by atoms with Crippen molar-refractivity contribution in [3.63, 3.8) is 0 Å². The largest absolute Gasteiger partial charge is 0.495 e. The standard InChI is InChI=1S/C14H21NOS/c1-16-13-11(6-5-7-12(13)17-2)14(10-15)8-3-4-9-14/h5-7H,3-4,8-10,15H2,1-2H3. The predicted octanol–water partition coefficient (Wildman–Crippen LogP) is 3.19. The summed E-state index contributed by atoms with van der Waals surface area (Å²) < 4.78 is 5.63. The highest BCUT2D eigenvalue weighted by Crippen LogP contribution is 2.46. The van der Waals surface area contributed by atoms with Gasteiger partial charge < -0.3 is 10.5 Å². The number of hydrogen-bond acceptors (Lipinski definition) is 3. The van der Waals surface area contributed by atoms with Crippen LogP contribution in [0.1, 0.15) is 31.2 Å². The van der Waals surface area contributed by atoms with E-state index in [-0.39, 0.29) is 5.41 Å². The molecule has 2 rings (SSSR count). The predicted molar refractivity (Wildman–Crippen MR) is 74.0 cm³/mol. The molecule has 0 radical (unpaired) electrons. The van der Waals surface area contributed by atoms with Gasteiger partial charge in [0.1, 0.15) is 5.75 Å². The van der Waals surface area contributed by atoms with E-state index in [1.54, 1.807) is 18.9 Å². The molecule has 3 heteroatoms. The van der Waals surface area contributed by atoms with Crippen LogP contribution in [0.25, 0.3) is 0 Å². The lowest BCUT2D eigenvalue weighted by Crippen LogP contribution is -2.32. The molecular formula is C14H21NOS. The summed E-state index contributed by atoms with van der Waals surface area (Å²) in [5.74, 6) is 1.03.